The lowest BCUT2D eigenvalue weighted by atomic mass is 10.1. The molecule has 0 saturated carbocycles. The number of esters is 1. The third-order valence-corrected chi connectivity index (χ3v) is 4.01. The third-order valence-electron chi connectivity index (χ3n) is 4.01. The number of benzene rings is 2. The first-order chi connectivity index (χ1) is 14.0. The van der Waals surface area contributed by atoms with Gasteiger partial charge in [0, 0.05) is 17.3 Å². The van der Waals surface area contributed by atoms with Crippen LogP contribution >= 0.6 is 0 Å². The van der Waals surface area contributed by atoms with Crippen molar-refractivity contribution < 1.29 is 18.7 Å². The zero-order valence-corrected chi connectivity index (χ0v) is 15.6. The van der Waals surface area contributed by atoms with E-state index in [9.17, 15) is 18.8 Å². The van der Waals surface area contributed by atoms with Gasteiger partial charge < -0.3 is 10.1 Å². The summed E-state index contributed by atoms with van der Waals surface area (Å²) < 4.78 is 19.1. The zero-order chi connectivity index (χ0) is 20.8. The van der Waals surface area contributed by atoms with Crippen molar-refractivity contribution in [2.75, 3.05) is 11.9 Å². The second-order valence-electron chi connectivity index (χ2n) is 6.09. The summed E-state index contributed by atoms with van der Waals surface area (Å²) in [7, 11) is 0. The van der Waals surface area contributed by atoms with E-state index in [0.717, 1.165) is 4.57 Å². The van der Waals surface area contributed by atoms with Gasteiger partial charge in [0.1, 0.15) is 12.4 Å². The molecule has 8 heteroatoms. The monoisotopic (exact) mass is 395 g/mol. The average molecular weight is 395 g/mol. The second kappa shape index (κ2) is 8.92. The molecular weight excluding hydrogens is 377 g/mol. The van der Waals surface area contributed by atoms with Gasteiger partial charge in [-0.2, -0.15) is 0 Å². The molecule has 1 aromatic heterocycles. The largest absolute Gasteiger partial charge is 0.462 e. The fourth-order valence-corrected chi connectivity index (χ4v) is 2.58. The van der Waals surface area contributed by atoms with Crippen molar-refractivity contribution in [3.05, 3.63) is 82.7 Å². The van der Waals surface area contributed by atoms with Crippen molar-refractivity contribution in [2.45, 2.75) is 13.5 Å². The quantitative estimate of drug-likeness (QED) is 0.648. The highest BCUT2D eigenvalue weighted by Crippen LogP contribution is 2.15. The molecular formula is C21H18FN3O4. The molecule has 7 nitrogen and oxygen atoms in total. The molecule has 3 rings (SSSR count). The maximum absolute atomic E-state index is 13.0. The third kappa shape index (κ3) is 5.13. The number of carbonyl (C=O) groups excluding carboxylic acids is 2. The summed E-state index contributed by atoms with van der Waals surface area (Å²) in [6.45, 7) is 1.77. The molecule has 1 amide bonds. The minimum Gasteiger partial charge on any atom is -0.462 e. The van der Waals surface area contributed by atoms with Gasteiger partial charge >= 0.3 is 5.97 Å². The summed E-state index contributed by atoms with van der Waals surface area (Å²) in [5.74, 6) is -1.24. The molecule has 0 aliphatic carbocycles. The van der Waals surface area contributed by atoms with E-state index >= 15 is 0 Å². The molecule has 148 valence electrons. The van der Waals surface area contributed by atoms with Gasteiger partial charge in [0.2, 0.25) is 5.91 Å². The molecule has 0 bridgehead atoms. The number of aromatic nitrogens is 2. The maximum atomic E-state index is 13.0. The van der Waals surface area contributed by atoms with Crippen molar-refractivity contribution in [1.82, 2.24) is 9.55 Å². The highest BCUT2D eigenvalue weighted by atomic mass is 19.1. The van der Waals surface area contributed by atoms with E-state index < -0.39 is 17.4 Å². The van der Waals surface area contributed by atoms with Gasteiger partial charge in [0.25, 0.3) is 5.56 Å². The van der Waals surface area contributed by atoms with Gasteiger partial charge in [-0.15, -0.1) is 0 Å². The molecule has 2 aromatic carbocycles. The number of hydrogen-bond acceptors (Lipinski definition) is 5. The van der Waals surface area contributed by atoms with Crippen molar-refractivity contribution in [2.24, 2.45) is 0 Å². The Morgan fingerprint density at radius 1 is 1.10 bits per heavy atom. The number of hydrogen-bond donors (Lipinski definition) is 1. The van der Waals surface area contributed by atoms with Crippen LogP contribution in [0.4, 0.5) is 10.1 Å². The van der Waals surface area contributed by atoms with Crippen molar-refractivity contribution in [3.8, 4) is 11.3 Å². The normalized spacial score (nSPS) is 10.4. The lowest BCUT2D eigenvalue weighted by Crippen LogP contribution is -2.27. The number of carbonyl (C=O) groups is 2. The highest BCUT2D eigenvalue weighted by molar-refractivity contribution is 5.93. The van der Waals surface area contributed by atoms with Gasteiger partial charge in [-0.25, -0.2) is 14.2 Å². The summed E-state index contributed by atoms with van der Waals surface area (Å²) in [6.07, 6.45) is 1.27. The van der Waals surface area contributed by atoms with Crippen LogP contribution in [-0.2, 0) is 16.1 Å². The molecule has 0 radical (unpaired) electrons. The molecule has 3 aromatic rings. The first-order valence-electron chi connectivity index (χ1n) is 8.85. The molecule has 0 saturated heterocycles. The fourth-order valence-electron chi connectivity index (χ4n) is 2.58. The number of rotatable bonds is 6. The van der Waals surface area contributed by atoms with E-state index in [2.05, 4.69) is 10.3 Å². The van der Waals surface area contributed by atoms with Crippen LogP contribution in [-0.4, -0.2) is 28.0 Å². The van der Waals surface area contributed by atoms with Crippen LogP contribution in [0.25, 0.3) is 11.3 Å². The molecule has 0 fully saturated rings. The van der Waals surface area contributed by atoms with Crippen molar-refractivity contribution in [1.29, 1.82) is 0 Å². The van der Waals surface area contributed by atoms with Gasteiger partial charge in [-0.1, -0.05) is 0 Å². The molecule has 0 aliphatic heterocycles. The van der Waals surface area contributed by atoms with Crippen LogP contribution < -0.4 is 10.9 Å². The number of ether oxygens (including phenoxy) is 1. The van der Waals surface area contributed by atoms with Crippen LogP contribution in [0.1, 0.15) is 17.3 Å². The molecule has 0 spiro atoms. The fraction of sp³-hybridized carbons (Fsp3) is 0.143. The number of anilines is 1. The van der Waals surface area contributed by atoms with Gasteiger partial charge in [-0.05, 0) is 55.5 Å². The Morgan fingerprint density at radius 3 is 2.41 bits per heavy atom. The zero-order valence-electron chi connectivity index (χ0n) is 15.6. The van der Waals surface area contributed by atoms with Crippen LogP contribution in [0.5, 0.6) is 0 Å². The Labute approximate surface area is 165 Å². The number of amides is 1. The lowest BCUT2D eigenvalue weighted by molar-refractivity contribution is -0.116. The number of nitrogens with one attached hydrogen (secondary N) is 1. The molecule has 1 N–H and O–H groups in total. The number of nitrogens with zero attached hydrogens (tertiary/aromatic N) is 2. The van der Waals surface area contributed by atoms with Crippen molar-refractivity contribution >= 4 is 17.6 Å². The van der Waals surface area contributed by atoms with Crippen LogP contribution in [0, 0.1) is 5.82 Å². The SMILES string of the molecule is CCOC(=O)c1ccc(NC(=O)Cn2cnc(-c3ccc(F)cc3)cc2=O)cc1. The molecule has 0 aliphatic rings. The van der Waals surface area contributed by atoms with E-state index in [0.29, 0.717) is 22.5 Å². The van der Waals surface area contributed by atoms with Crippen molar-refractivity contribution in [3.63, 3.8) is 0 Å². The second-order valence-corrected chi connectivity index (χ2v) is 6.09. The lowest BCUT2D eigenvalue weighted by Gasteiger charge is -2.09. The van der Waals surface area contributed by atoms with E-state index in [-0.39, 0.29) is 19.0 Å². The topological polar surface area (TPSA) is 90.3 Å². The Hall–Kier alpha value is -3.81. The molecule has 29 heavy (non-hydrogen) atoms. The first kappa shape index (κ1) is 19.9. The minimum atomic E-state index is -0.441. The smallest absolute Gasteiger partial charge is 0.338 e. The molecule has 0 atom stereocenters. The predicted molar refractivity (Wildman–Crippen MR) is 105 cm³/mol. The van der Waals surface area contributed by atoms with Gasteiger partial charge in [0.05, 0.1) is 24.2 Å². The first-order valence-corrected chi connectivity index (χ1v) is 8.85. The van der Waals surface area contributed by atoms with Gasteiger partial charge in [0.15, 0.2) is 0 Å². The van der Waals surface area contributed by atoms with Crippen LogP contribution in [0.2, 0.25) is 0 Å². The summed E-state index contributed by atoms with van der Waals surface area (Å²) in [4.78, 5) is 40.3. The van der Waals surface area contributed by atoms with Crippen LogP contribution in [0.15, 0.2) is 65.7 Å². The molecule has 1 heterocycles. The molecule has 0 unspecified atom stereocenters. The maximum Gasteiger partial charge on any atom is 0.338 e. The van der Waals surface area contributed by atoms with E-state index in [1.165, 1.54) is 36.7 Å². The Balaban J connectivity index is 1.65. The summed E-state index contributed by atoms with van der Waals surface area (Å²) >= 11 is 0. The summed E-state index contributed by atoms with van der Waals surface area (Å²) in [6, 6.07) is 13.1. The number of halogens is 1. The van der Waals surface area contributed by atoms with E-state index in [4.69, 9.17) is 4.74 Å². The summed E-state index contributed by atoms with van der Waals surface area (Å²) in [5, 5.41) is 2.65. The standard InChI is InChI=1S/C21H18FN3O4/c1-2-29-21(28)15-5-9-17(10-6-15)24-19(26)12-25-13-23-18(11-20(25)27)14-3-7-16(22)8-4-14/h3-11,13H,2,12H2,1H3,(H,24,26). The van der Waals surface area contributed by atoms with Crippen LogP contribution in [0.3, 0.4) is 0 Å². The predicted octanol–water partition coefficient (Wildman–Crippen LogP) is 2.86. The van der Waals surface area contributed by atoms with E-state index in [1.807, 2.05) is 0 Å². The Morgan fingerprint density at radius 2 is 1.79 bits per heavy atom. The van der Waals surface area contributed by atoms with Gasteiger partial charge in [-0.3, -0.25) is 14.2 Å². The van der Waals surface area contributed by atoms with E-state index in [1.54, 1.807) is 31.2 Å². The summed E-state index contributed by atoms with van der Waals surface area (Å²) in [5.41, 5.74) is 1.43. The highest BCUT2D eigenvalue weighted by Gasteiger charge is 2.09. The Kier molecular flexibility index (Phi) is 6.13. The Bertz CT molecular complexity index is 1080. The minimum absolute atomic E-state index is 0.227. The average Bonchev–Trinajstić information content (AvgIpc) is 2.71.